The number of aryl methyl sites for hydroxylation is 1. The number of hydrogen-bond acceptors (Lipinski definition) is 3. The SMILES string of the molecule is Cc1cc2c(cc1CN(C)CBr)OCO2. The van der Waals surface area contributed by atoms with Gasteiger partial charge in [-0.3, -0.25) is 4.90 Å². The van der Waals surface area contributed by atoms with E-state index >= 15 is 0 Å². The minimum Gasteiger partial charge on any atom is -0.454 e. The number of ether oxygens (including phenoxy) is 2. The van der Waals surface area contributed by atoms with Gasteiger partial charge in [0.2, 0.25) is 6.79 Å². The monoisotopic (exact) mass is 271 g/mol. The van der Waals surface area contributed by atoms with Crippen molar-refractivity contribution < 1.29 is 9.47 Å². The van der Waals surface area contributed by atoms with Crippen LogP contribution in [0, 0.1) is 6.92 Å². The van der Waals surface area contributed by atoms with Crippen molar-refractivity contribution in [2.45, 2.75) is 13.5 Å². The maximum atomic E-state index is 5.36. The van der Waals surface area contributed by atoms with Crippen molar-refractivity contribution in [3.8, 4) is 11.5 Å². The zero-order valence-corrected chi connectivity index (χ0v) is 10.5. The van der Waals surface area contributed by atoms with Gasteiger partial charge in [-0.05, 0) is 37.2 Å². The van der Waals surface area contributed by atoms with Crippen molar-refractivity contribution in [3.05, 3.63) is 23.3 Å². The highest BCUT2D eigenvalue weighted by molar-refractivity contribution is 9.09. The largest absolute Gasteiger partial charge is 0.454 e. The van der Waals surface area contributed by atoms with E-state index in [9.17, 15) is 0 Å². The van der Waals surface area contributed by atoms with Gasteiger partial charge in [-0.25, -0.2) is 0 Å². The van der Waals surface area contributed by atoms with Crippen LogP contribution < -0.4 is 9.47 Å². The van der Waals surface area contributed by atoms with Crippen LogP contribution in [0.3, 0.4) is 0 Å². The van der Waals surface area contributed by atoms with E-state index < -0.39 is 0 Å². The van der Waals surface area contributed by atoms with Gasteiger partial charge in [-0.15, -0.1) is 0 Å². The van der Waals surface area contributed by atoms with Crippen LogP contribution >= 0.6 is 15.9 Å². The molecule has 0 fully saturated rings. The molecule has 0 bridgehead atoms. The summed E-state index contributed by atoms with van der Waals surface area (Å²) in [6, 6.07) is 4.11. The van der Waals surface area contributed by atoms with E-state index in [0.29, 0.717) is 6.79 Å². The molecule has 0 saturated heterocycles. The molecule has 0 N–H and O–H groups in total. The van der Waals surface area contributed by atoms with Crippen molar-refractivity contribution >= 4 is 15.9 Å². The molecule has 82 valence electrons. The van der Waals surface area contributed by atoms with E-state index in [4.69, 9.17) is 9.47 Å². The van der Waals surface area contributed by atoms with E-state index in [1.807, 2.05) is 6.07 Å². The number of hydrogen-bond donors (Lipinski definition) is 0. The number of benzene rings is 1. The van der Waals surface area contributed by atoms with Gasteiger partial charge >= 0.3 is 0 Å². The highest BCUT2D eigenvalue weighted by atomic mass is 79.9. The Morgan fingerprint density at radius 2 is 2.00 bits per heavy atom. The number of halogens is 1. The van der Waals surface area contributed by atoms with Gasteiger partial charge in [0.05, 0.1) is 5.45 Å². The molecule has 0 unspecified atom stereocenters. The first-order valence-electron chi connectivity index (χ1n) is 4.84. The lowest BCUT2D eigenvalue weighted by molar-refractivity contribution is 0.174. The molecule has 0 spiro atoms. The Hall–Kier alpha value is -0.740. The molecule has 4 heteroatoms. The van der Waals surface area contributed by atoms with Gasteiger partial charge in [0.25, 0.3) is 0 Å². The number of fused-ring (bicyclic) bond motifs is 1. The van der Waals surface area contributed by atoms with Crippen molar-refractivity contribution in [1.29, 1.82) is 0 Å². The molecular weight excluding hydrogens is 258 g/mol. The van der Waals surface area contributed by atoms with Crippen LogP contribution in [0.5, 0.6) is 11.5 Å². The summed E-state index contributed by atoms with van der Waals surface area (Å²) in [6.45, 7) is 3.35. The Morgan fingerprint density at radius 3 is 2.67 bits per heavy atom. The molecule has 1 aliphatic heterocycles. The Balaban J connectivity index is 2.24. The molecule has 15 heavy (non-hydrogen) atoms. The summed E-state index contributed by atoms with van der Waals surface area (Å²) >= 11 is 3.43. The van der Waals surface area contributed by atoms with Crippen molar-refractivity contribution in [1.82, 2.24) is 4.90 Å². The molecule has 2 rings (SSSR count). The lowest BCUT2D eigenvalue weighted by atomic mass is 10.1. The standard InChI is InChI=1S/C11H14BrNO2/c1-8-3-10-11(15-7-14-10)4-9(8)5-13(2)6-12/h3-4H,5-7H2,1-2H3. The third kappa shape index (κ3) is 2.26. The first-order chi connectivity index (χ1) is 7.20. The van der Waals surface area contributed by atoms with Crippen molar-refractivity contribution in [2.75, 3.05) is 19.3 Å². The van der Waals surface area contributed by atoms with E-state index in [1.165, 1.54) is 11.1 Å². The van der Waals surface area contributed by atoms with Gasteiger partial charge in [0.1, 0.15) is 0 Å². The fourth-order valence-electron chi connectivity index (χ4n) is 1.59. The molecule has 0 amide bonds. The normalized spacial score (nSPS) is 13.6. The van der Waals surface area contributed by atoms with Crippen LogP contribution in [0.25, 0.3) is 0 Å². The predicted octanol–water partition coefficient (Wildman–Crippen LogP) is 2.51. The zero-order valence-electron chi connectivity index (χ0n) is 8.92. The zero-order chi connectivity index (χ0) is 10.8. The van der Waals surface area contributed by atoms with Gasteiger partial charge in [0, 0.05) is 6.54 Å². The molecule has 0 atom stereocenters. The molecular formula is C11H14BrNO2. The van der Waals surface area contributed by atoms with Crippen LogP contribution in [0.15, 0.2) is 12.1 Å². The Morgan fingerprint density at radius 1 is 1.33 bits per heavy atom. The summed E-state index contributed by atoms with van der Waals surface area (Å²) in [5.74, 6) is 1.72. The maximum absolute atomic E-state index is 5.36. The smallest absolute Gasteiger partial charge is 0.231 e. The minimum atomic E-state index is 0.340. The lowest BCUT2D eigenvalue weighted by Gasteiger charge is -2.15. The fourth-order valence-corrected chi connectivity index (χ4v) is 1.77. The first kappa shape index (κ1) is 10.8. The second-order valence-electron chi connectivity index (χ2n) is 3.77. The Kier molecular flexibility index (Phi) is 3.17. The molecule has 0 aliphatic carbocycles. The first-order valence-corrected chi connectivity index (χ1v) is 5.96. The van der Waals surface area contributed by atoms with E-state index in [0.717, 1.165) is 23.5 Å². The van der Waals surface area contributed by atoms with Crippen LogP contribution in [0.2, 0.25) is 0 Å². The van der Waals surface area contributed by atoms with Crippen LogP contribution in [0.1, 0.15) is 11.1 Å². The van der Waals surface area contributed by atoms with E-state index in [2.05, 4.69) is 40.9 Å². The second kappa shape index (κ2) is 4.41. The second-order valence-corrected chi connectivity index (χ2v) is 4.27. The molecule has 1 aliphatic rings. The van der Waals surface area contributed by atoms with Crippen LogP contribution in [-0.4, -0.2) is 24.2 Å². The maximum Gasteiger partial charge on any atom is 0.231 e. The number of alkyl halides is 1. The highest BCUT2D eigenvalue weighted by Gasteiger charge is 2.15. The minimum absolute atomic E-state index is 0.340. The molecule has 1 aromatic carbocycles. The van der Waals surface area contributed by atoms with Gasteiger partial charge in [-0.1, -0.05) is 15.9 Å². The van der Waals surface area contributed by atoms with Gasteiger partial charge in [-0.2, -0.15) is 0 Å². The average Bonchev–Trinajstić information content (AvgIpc) is 2.65. The third-order valence-electron chi connectivity index (χ3n) is 2.48. The topological polar surface area (TPSA) is 21.7 Å². The van der Waals surface area contributed by atoms with Crippen LogP contribution in [-0.2, 0) is 6.54 Å². The fraction of sp³-hybridized carbons (Fsp3) is 0.455. The average molecular weight is 272 g/mol. The predicted molar refractivity (Wildman–Crippen MR) is 62.6 cm³/mol. The molecule has 1 aromatic rings. The van der Waals surface area contributed by atoms with Crippen molar-refractivity contribution in [2.24, 2.45) is 0 Å². The molecule has 0 radical (unpaired) electrons. The van der Waals surface area contributed by atoms with Gasteiger partial charge < -0.3 is 9.47 Å². The molecule has 0 saturated carbocycles. The summed E-state index contributed by atoms with van der Waals surface area (Å²) in [6.07, 6.45) is 0. The van der Waals surface area contributed by atoms with Gasteiger partial charge in [0.15, 0.2) is 11.5 Å². The van der Waals surface area contributed by atoms with Crippen LogP contribution in [0.4, 0.5) is 0 Å². The molecule has 3 nitrogen and oxygen atoms in total. The molecule has 1 heterocycles. The summed E-state index contributed by atoms with van der Waals surface area (Å²) in [4.78, 5) is 2.19. The summed E-state index contributed by atoms with van der Waals surface area (Å²) < 4.78 is 10.7. The Bertz CT molecular complexity index is 368. The number of rotatable bonds is 3. The van der Waals surface area contributed by atoms with Crippen molar-refractivity contribution in [3.63, 3.8) is 0 Å². The summed E-state index contributed by atoms with van der Waals surface area (Å²) in [5.41, 5.74) is 3.38. The highest BCUT2D eigenvalue weighted by Crippen LogP contribution is 2.34. The quantitative estimate of drug-likeness (QED) is 0.623. The van der Waals surface area contributed by atoms with E-state index in [-0.39, 0.29) is 0 Å². The molecule has 0 aromatic heterocycles. The van der Waals surface area contributed by atoms with E-state index in [1.54, 1.807) is 0 Å². The lowest BCUT2D eigenvalue weighted by Crippen LogP contribution is -2.15. The summed E-state index contributed by atoms with van der Waals surface area (Å²) in [5, 5.41) is 0. The summed E-state index contributed by atoms with van der Waals surface area (Å²) in [7, 11) is 2.07. The Labute approximate surface area is 98.1 Å². The third-order valence-corrected chi connectivity index (χ3v) is 3.33. The number of nitrogens with zero attached hydrogens (tertiary/aromatic N) is 1.